The van der Waals surface area contributed by atoms with Crippen molar-refractivity contribution >= 4 is 0 Å². The van der Waals surface area contributed by atoms with Gasteiger partial charge in [-0.15, -0.1) is 0 Å². The molecular formula is C12H12O4. The highest BCUT2D eigenvalue weighted by atomic mass is 16.8. The van der Waals surface area contributed by atoms with Crippen LogP contribution in [0.3, 0.4) is 0 Å². The van der Waals surface area contributed by atoms with Crippen LogP contribution in [0.4, 0.5) is 0 Å². The molecule has 0 saturated carbocycles. The van der Waals surface area contributed by atoms with E-state index in [4.69, 9.17) is 18.9 Å². The Bertz CT molecular complexity index is 375. The molecule has 3 saturated heterocycles. The summed E-state index contributed by atoms with van der Waals surface area (Å²) in [5.74, 6) is 0. The molecule has 16 heavy (non-hydrogen) atoms. The molecule has 2 bridgehead atoms. The van der Waals surface area contributed by atoms with E-state index in [0.29, 0.717) is 6.61 Å². The van der Waals surface area contributed by atoms with Gasteiger partial charge in [0, 0.05) is 5.56 Å². The quantitative estimate of drug-likeness (QED) is 0.713. The number of hydrogen-bond donors (Lipinski definition) is 0. The Balaban J connectivity index is 1.59. The zero-order valence-corrected chi connectivity index (χ0v) is 8.61. The lowest BCUT2D eigenvalue weighted by molar-refractivity contribution is -0.147. The Hall–Kier alpha value is -0.940. The van der Waals surface area contributed by atoms with Crippen molar-refractivity contribution in [2.45, 2.75) is 30.9 Å². The van der Waals surface area contributed by atoms with Crippen molar-refractivity contribution in [2.24, 2.45) is 0 Å². The summed E-state index contributed by atoms with van der Waals surface area (Å²) < 4.78 is 22.7. The molecule has 3 aliphatic rings. The molecule has 4 rings (SSSR count). The molecule has 0 radical (unpaired) electrons. The maximum atomic E-state index is 5.88. The Morgan fingerprint density at radius 3 is 2.56 bits per heavy atom. The molecule has 4 nitrogen and oxygen atoms in total. The predicted molar refractivity (Wildman–Crippen MR) is 53.5 cm³/mol. The average molecular weight is 220 g/mol. The summed E-state index contributed by atoms with van der Waals surface area (Å²) in [5.41, 5.74) is 1.05. The monoisotopic (exact) mass is 220 g/mol. The van der Waals surface area contributed by atoms with E-state index in [0.717, 1.165) is 5.56 Å². The Morgan fingerprint density at radius 1 is 0.938 bits per heavy atom. The van der Waals surface area contributed by atoms with Crippen molar-refractivity contribution in [3.63, 3.8) is 0 Å². The first-order valence-corrected chi connectivity index (χ1v) is 5.55. The molecule has 1 unspecified atom stereocenters. The van der Waals surface area contributed by atoms with Crippen LogP contribution in [-0.4, -0.2) is 31.2 Å². The first-order valence-electron chi connectivity index (χ1n) is 5.55. The van der Waals surface area contributed by atoms with Crippen molar-refractivity contribution in [1.29, 1.82) is 0 Å². The maximum Gasteiger partial charge on any atom is 0.187 e. The summed E-state index contributed by atoms with van der Waals surface area (Å²) in [4.78, 5) is 0. The van der Waals surface area contributed by atoms with Gasteiger partial charge in [-0.3, -0.25) is 0 Å². The van der Waals surface area contributed by atoms with Gasteiger partial charge in [0.15, 0.2) is 12.6 Å². The molecule has 1 aromatic carbocycles. The van der Waals surface area contributed by atoms with E-state index in [1.54, 1.807) is 0 Å². The topological polar surface area (TPSA) is 36.9 Å². The molecule has 3 heterocycles. The molecule has 0 N–H and O–H groups in total. The van der Waals surface area contributed by atoms with E-state index in [9.17, 15) is 0 Å². The van der Waals surface area contributed by atoms with Gasteiger partial charge in [0.2, 0.25) is 0 Å². The second kappa shape index (κ2) is 3.28. The average Bonchev–Trinajstić information content (AvgIpc) is 3.02. The van der Waals surface area contributed by atoms with Crippen LogP contribution in [-0.2, 0) is 18.9 Å². The third-order valence-corrected chi connectivity index (χ3v) is 3.33. The van der Waals surface area contributed by atoms with Crippen molar-refractivity contribution < 1.29 is 18.9 Å². The van der Waals surface area contributed by atoms with E-state index in [-0.39, 0.29) is 30.9 Å². The van der Waals surface area contributed by atoms with Crippen LogP contribution in [0.5, 0.6) is 0 Å². The van der Waals surface area contributed by atoms with Gasteiger partial charge in [0.05, 0.1) is 6.61 Å². The second-order valence-electron chi connectivity index (χ2n) is 4.32. The highest BCUT2D eigenvalue weighted by molar-refractivity contribution is 5.17. The third kappa shape index (κ3) is 1.18. The van der Waals surface area contributed by atoms with Crippen LogP contribution in [0.25, 0.3) is 0 Å². The highest BCUT2D eigenvalue weighted by Crippen LogP contribution is 2.43. The fourth-order valence-corrected chi connectivity index (χ4v) is 2.54. The third-order valence-electron chi connectivity index (χ3n) is 3.33. The van der Waals surface area contributed by atoms with Gasteiger partial charge in [0.1, 0.15) is 18.3 Å². The van der Waals surface area contributed by atoms with Gasteiger partial charge in [-0.2, -0.15) is 0 Å². The normalized spacial score (nSPS) is 44.9. The van der Waals surface area contributed by atoms with Crippen molar-refractivity contribution in [3.8, 4) is 0 Å². The van der Waals surface area contributed by atoms with Crippen LogP contribution in [0.15, 0.2) is 30.3 Å². The standard InChI is InChI=1S/C12H12O4/c1-2-4-7(5-3-1)11-15-9-8-6-13-12(14-8)10(9)16-11/h1-5,8-12H,6H2/t8-,9-,10-,11?,12-/m1/s1. The molecule has 0 aliphatic carbocycles. The summed E-state index contributed by atoms with van der Waals surface area (Å²) in [6.07, 6.45) is -0.493. The van der Waals surface area contributed by atoms with Gasteiger partial charge in [-0.25, -0.2) is 0 Å². The SMILES string of the molecule is c1ccc(C2O[C@H]3[C@@H]4OC[C@@H](O4)[C@H]3O2)cc1. The van der Waals surface area contributed by atoms with Crippen LogP contribution in [0, 0.1) is 0 Å². The predicted octanol–water partition coefficient (Wildman–Crippen LogP) is 1.22. The fraction of sp³-hybridized carbons (Fsp3) is 0.500. The number of fused-ring (bicyclic) bond motifs is 5. The number of rotatable bonds is 1. The highest BCUT2D eigenvalue weighted by Gasteiger charge is 2.57. The largest absolute Gasteiger partial charge is 0.347 e. The summed E-state index contributed by atoms with van der Waals surface area (Å²) >= 11 is 0. The first-order chi connectivity index (χ1) is 7.92. The van der Waals surface area contributed by atoms with Gasteiger partial charge in [-0.05, 0) is 0 Å². The zero-order valence-electron chi connectivity index (χ0n) is 8.61. The fourth-order valence-electron chi connectivity index (χ4n) is 2.54. The molecule has 0 spiro atoms. The summed E-state index contributed by atoms with van der Waals surface area (Å²) in [7, 11) is 0. The lowest BCUT2D eigenvalue weighted by Crippen LogP contribution is -2.37. The molecule has 4 heteroatoms. The molecule has 3 fully saturated rings. The van der Waals surface area contributed by atoms with Gasteiger partial charge >= 0.3 is 0 Å². The van der Waals surface area contributed by atoms with Crippen molar-refractivity contribution in [2.75, 3.05) is 6.61 Å². The van der Waals surface area contributed by atoms with E-state index < -0.39 is 0 Å². The summed E-state index contributed by atoms with van der Waals surface area (Å²) in [5, 5.41) is 0. The Labute approximate surface area is 93.1 Å². The van der Waals surface area contributed by atoms with Crippen LogP contribution in [0.2, 0.25) is 0 Å². The van der Waals surface area contributed by atoms with E-state index in [1.165, 1.54) is 0 Å². The number of ether oxygens (including phenoxy) is 4. The molecule has 1 aromatic rings. The summed E-state index contributed by atoms with van der Waals surface area (Å²) in [6, 6.07) is 9.97. The van der Waals surface area contributed by atoms with E-state index in [2.05, 4.69) is 0 Å². The molecule has 0 amide bonds. The minimum Gasteiger partial charge on any atom is -0.347 e. The van der Waals surface area contributed by atoms with E-state index in [1.807, 2.05) is 30.3 Å². The van der Waals surface area contributed by atoms with Crippen LogP contribution in [0.1, 0.15) is 11.9 Å². The van der Waals surface area contributed by atoms with Crippen molar-refractivity contribution in [3.05, 3.63) is 35.9 Å². The van der Waals surface area contributed by atoms with Gasteiger partial charge < -0.3 is 18.9 Å². The lowest BCUT2D eigenvalue weighted by atomic mass is 10.1. The molecule has 0 aromatic heterocycles. The minimum absolute atomic E-state index is 0.0314. The van der Waals surface area contributed by atoms with Gasteiger partial charge in [0.25, 0.3) is 0 Å². The second-order valence-corrected chi connectivity index (χ2v) is 4.32. The molecule has 3 aliphatic heterocycles. The smallest absolute Gasteiger partial charge is 0.187 e. The van der Waals surface area contributed by atoms with Crippen LogP contribution >= 0.6 is 0 Å². The Kier molecular flexibility index (Phi) is 1.87. The zero-order chi connectivity index (χ0) is 10.5. The molecule has 5 atom stereocenters. The summed E-state index contributed by atoms with van der Waals surface area (Å²) in [6.45, 7) is 0.622. The molecular weight excluding hydrogens is 208 g/mol. The number of hydrogen-bond acceptors (Lipinski definition) is 4. The Morgan fingerprint density at radius 2 is 1.75 bits per heavy atom. The maximum absolute atomic E-state index is 5.88. The number of benzene rings is 1. The lowest BCUT2D eigenvalue weighted by Gasteiger charge is -2.17. The van der Waals surface area contributed by atoms with Crippen molar-refractivity contribution in [1.82, 2.24) is 0 Å². The first kappa shape index (κ1) is 9.13. The molecule has 84 valence electrons. The minimum atomic E-state index is -0.271. The van der Waals surface area contributed by atoms with Gasteiger partial charge in [-0.1, -0.05) is 30.3 Å². The van der Waals surface area contributed by atoms with E-state index >= 15 is 0 Å². The van der Waals surface area contributed by atoms with Crippen LogP contribution < -0.4 is 0 Å².